The molecule has 3 aliphatic carbocycles. The highest BCUT2D eigenvalue weighted by Gasteiger charge is 2.59. The number of hydrogen-bond donors (Lipinski definition) is 1. The quantitative estimate of drug-likeness (QED) is 0.690. The zero-order valence-electron chi connectivity index (χ0n) is 20.2. The van der Waals surface area contributed by atoms with Crippen molar-refractivity contribution in [1.29, 1.82) is 0 Å². The van der Waals surface area contributed by atoms with Crippen LogP contribution in [0, 0.1) is 16.7 Å². The molecule has 12 heteroatoms. The molecule has 3 saturated carbocycles. The fourth-order valence-corrected chi connectivity index (χ4v) is 7.09. The molecule has 0 unspecified atom stereocenters. The van der Waals surface area contributed by atoms with Gasteiger partial charge in [0.1, 0.15) is 11.9 Å². The molecule has 0 atom stereocenters. The molecule has 5 aliphatic rings. The summed E-state index contributed by atoms with van der Waals surface area (Å²) in [4.78, 5) is 21.1. The first kappa shape index (κ1) is 22.6. The highest BCUT2D eigenvalue weighted by atomic mass is 19.4. The van der Waals surface area contributed by atoms with Gasteiger partial charge in [0.05, 0.1) is 6.04 Å². The van der Waals surface area contributed by atoms with Crippen LogP contribution in [0.25, 0.3) is 0 Å². The minimum absolute atomic E-state index is 0.110. The smallest absolute Gasteiger partial charge is 0.382 e. The van der Waals surface area contributed by atoms with Crippen molar-refractivity contribution in [1.82, 2.24) is 34.3 Å². The first-order chi connectivity index (χ1) is 16.9. The minimum atomic E-state index is -4.42. The van der Waals surface area contributed by atoms with Crippen LogP contribution in [-0.2, 0) is 25.2 Å². The number of halogens is 3. The maximum Gasteiger partial charge on any atom is 0.435 e. The maximum atomic E-state index is 12.9. The standard InChI is InChI=1S/C24H30F3N7O2/c1-31-16(5-18(29-31)24(25,26)27)4-15-6-21(7-15)10-32(11-21)20(35)33-12-22(13-33)8-17(9-22)34-14-28-19(30-34)23(36)2-3-23/h5,14-15,17,36H,2-4,6-13H2,1H3. The van der Waals surface area contributed by atoms with Crippen molar-refractivity contribution in [3.05, 3.63) is 29.6 Å². The molecule has 194 valence electrons. The molecule has 7 rings (SSSR count). The lowest BCUT2D eigenvalue weighted by atomic mass is 9.56. The van der Waals surface area contributed by atoms with E-state index in [2.05, 4.69) is 15.2 Å². The molecule has 0 radical (unpaired) electrons. The first-order valence-corrected chi connectivity index (χ1v) is 12.7. The molecule has 2 aromatic heterocycles. The summed E-state index contributed by atoms with van der Waals surface area (Å²) in [7, 11) is 1.56. The van der Waals surface area contributed by atoms with Crippen molar-refractivity contribution < 1.29 is 23.1 Å². The van der Waals surface area contributed by atoms with Gasteiger partial charge in [-0.1, -0.05) is 0 Å². The second kappa shape index (κ2) is 7.02. The molecule has 1 N–H and O–H groups in total. The van der Waals surface area contributed by atoms with Crippen molar-refractivity contribution in [2.24, 2.45) is 23.8 Å². The van der Waals surface area contributed by atoms with Crippen molar-refractivity contribution in [2.45, 2.75) is 62.8 Å². The summed E-state index contributed by atoms with van der Waals surface area (Å²) >= 11 is 0. The van der Waals surface area contributed by atoms with Gasteiger partial charge < -0.3 is 14.9 Å². The summed E-state index contributed by atoms with van der Waals surface area (Å²) in [5.41, 5.74) is -0.694. The number of likely N-dealkylation sites (tertiary alicyclic amines) is 2. The Labute approximate surface area is 206 Å². The Balaban J connectivity index is 0.853. The number of carbonyl (C=O) groups is 1. The molecule has 2 spiro atoms. The predicted octanol–water partition coefficient (Wildman–Crippen LogP) is 2.72. The summed E-state index contributed by atoms with van der Waals surface area (Å²) in [5.74, 6) is 0.876. The zero-order valence-corrected chi connectivity index (χ0v) is 20.2. The molecule has 5 fully saturated rings. The number of rotatable bonds is 4. The van der Waals surface area contributed by atoms with Gasteiger partial charge in [-0.15, -0.1) is 0 Å². The van der Waals surface area contributed by atoms with Gasteiger partial charge in [0, 0.05) is 49.8 Å². The van der Waals surface area contributed by atoms with E-state index in [1.807, 2.05) is 14.5 Å². The van der Waals surface area contributed by atoms with E-state index in [0.29, 0.717) is 23.9 Å². The second-order valence-corrected chi connectivity index (χ2v) is 12.3. The molecule has 36 heavy (non-hydrogen) atoms. The molecule has 4 heterocycles. The minimum Gasteiger partial charge on any atom is -0.382 e. The molecule has 2 aliphatic heterocycles. The Morgan fingerprint density at radius 1 is 1.06 bits per heavy atom. The van der Waals surface area contributed by atoms with E-state index >= 15 is 0 Å². The van der Waals surface area contributed by atoms with Gasteiger partial charge in [-0.3, -0.25) is 4.68 Å². The van der Waals surface area contributed by atoms with Crippen LogP contribution in [-0.4, -0.2) is 71.7 Å². The summed E-state index contributed by atoms with van der Waals surface area (Å²) in [6.07, 6.45) is 3.22. The SMILES string of the molecule is Cn1nc(C(F)(F)F)cc1CC1CC2(C1)CN(C(=O)N1CC3(CC(n4cnc(C5(O)CC5)n4)C3)C1)C2. The number of aryl methyl sites for hydroxylation is 1. The number of alkyl halides is 3. The molecule has 2 aromatic rings. The fraction of sp³-hybridized carbons (Fsp3) is 0.750. The third-order valence-electron chi connectivity index (χ3n) is 9.21. The Hall–Kier alpha value is -2.63. The number of aromatic nitrogens is 5. The van der Waals surface area contributed by atoms with E-state index in [1.165, 1.54) is 4.68 Å². The lowest BCUT2D eigenvalue weighted by molar-refractivity contribution is -0.141. The third-order valence-corrected chi connectivity index (χ3v) is 9.21. The van der Waals surface area contributed by atoms with Gasteiger partial charge in [0.25, 0.3) is 0 Å². The first-order valence-electron chi connectivity index (χ1n) is 12.7. The van der Waals surface area contributed by atoms with E-state index in [9.17, 15) is 23.1 Å². The zero-order chi connectivity index (χ0) is 25.1. The summed E-state index contributed by atoms with van der Waals surface area (Å²) in [6, 6.07) is 1.56. The van der Waals surface area contributed by atoms with Crippen LogP contribution < -0.4 is 0 Å². The molecule has 2 saturated heterocycles. The normalized spacial score (nSPS) is 25.9. The monoisotopic (exact) mass is 505 g/mol. The lowest BCUT2D eigenvalue weighted by Gasteiger charge is -2.63. The van der Waals surface area contributed by atoms with Gasteiger partial charge in [0.15, 0.2) is 11.5 Å². The molecular formula is C24H30F3N7O2. The van der Waals surface area contributed by atoms with E-state index in [1.54, 1.807) is 13.4 Å². The van der Waals surface area contributed by atoms with Crippen molar-refractivity contribution in [3.63, 3.8) is 0 Å². The largest absolute Gasteiger partial charge is 0.435 e. The van der Waals surface area contributed by atoms with E-state index < -0.39 is 17.5 Å². The Kier molecular flexibility index (Phi) is 4.40. The molecule has 0 aromatic carbocycles. The Morgan fingerprint density at radius 3 is 2.22 bits per heavy atom. The summed E-state index contributed by atoms with van der Waals surface area (Å²) in [5, 5.41) is 18.3. The van der Waals surface area contributed by atoms with Crippen LogP contribution in [0.2, 0.25) is 0 Å². The molecule has 9 nitrogen and oxygen atoms in total. The van der Waals surface area contributed by atoms with E-state index in [-0.39, 0.29) is 22.9 Å². The van der Waals surface area contributed by atoms with Crippen LogP contribution in [0.3, 0.4) is 0 Å². The van der Waals surface area contributed by atoms with E-state index in [4.69, 9.17) is 0 Å². The van der Waals surface area contributed by atoms with E-state index in [0.717, 1.165) is 70.8 Å². The average Bonchev–Trinajstić information content (AvgIpc) is 3.09. The summed E-state index contributed by atoms with van der Waals surface area (Å²) < 4.78 is 41.9. The fourth-order valence-electron chi connectivity index (χ4n) is 7.09. The van der Waals surface area contributed by atoms with Gasteiger partial charge in [-0.05, 0) is 56.9 Å². The number of amides is 2. The number of nitrogens with zero attached hydrogens (tertiary/aromatic N) is 7. The van der Waals surface area contributed by atoms with Gasteiger partial charge in [-0.25, -0.2) is 14.5 Å². The predicted molar refractivity (Wildman–Crippen MR) is 119 cm³/mol. The Bertz CT molecular complexity index is 1200. The molecule has 0 bridgehead atoms. The topological polar surface area (TPSA) is 92.3 Å². The van der Waals surface area contributed by atoms with Crippen molar-refractivity contribution >= 4 is 6.03 Å². The molecular weight excluding hydrogens is 475 g/mol. The van der Waals surface area contributed by atoms with Crippen LogP contribution in [0.5, 0.6) is 0 Å². The van der Waals surface area contributed by atoms with Crippen LogP contribution in [0.15, 0.2) is 12.4 Å². The third kappa shape index (κ3) is 3.47. The van der Waals surface area contributed by atoms with Gasteiger partial charge >= 0.3 is 12.2 Å². The number of carbonyl (C=O) groups excluding carboxylic acids is 1. The molecule has 2 amide bonds. The van der Waals surface area contributed by atoms with Crippen LogP contribution in [0.1, 0.15) is 61.8 Å². The van der Waals surface area contributed by atoms with Gasteiger partial charge in [0.2, 0.25) is 0 Å². The van der Waals surface area contributed by atoms with Crippen molar-refractivity contribution in [2.75, 3.05) is 26.2 Å². The highest BCUT2D eigenvalue weighted by Crippen LogP contribution is 2.56. The maximum absolute atomic E-state index is 12.9. The summed E-state index contributed by atoms with van der Waals surface area (Å²) in [6.45, 7) is 3.06. The number of hydrogen-bond acceptors (Lipinski definition) is 5. The van der Waals surface area contributed by atoms with Crippen LogP contribution >= 0.6 is 0 Å². The second-order valence-electron chi connectivity index (χ2n) is 12.3. The van der Waals surface area contributed by atoms with Crippen molar-refractivity contribution in [3.8, 4) is 0 Å². The lowest BCUT2D eigenvalue weighted by Crippen LogP contribution is -2.71. The number of urea groups is 1. The highest BCUT2D eigenvalue weighted by molar-refractivity contribution is 5.77. The Morgan fingerprint density at radius 2 is 1.67 bits per heavy atom. The average molecular weight is 506 g/mol. The number of aliphatic hydroxyl groups is 1. The van der Waals surface area contributed by atoms with Gasteiger partial charge in [-0.2, -0.15) is 23.4 Å². The van der Waals surface area contributed by atoms with Crippen LogP contribution in [0.4, 0.5) is 18.0 Å².